The summed E-state index contributed by atoms with van der Waals surface area (Å²) in [5.74, 6) is -0.731. The molecule has 0 atom stereocenters. The van der Waals surface area contributed by atoms with E-state index in [0.717, 1.165) is 11.6 Å². The Kier molecular flexibility index (Phi) is 4.13. The van der Waals surface area contributed by atoms with Crippen LogP contribution in [0.5, 0.6) is 11.5 Å². The van der Waals surface area contributed by atoms with Crippen molar-refractivity contribution in [2.75, 3.05) is 25.7 Å². The van der Waals surface area contributed by atoms with Gasteiger partial charge in [0, 0.05) is 23.7 Å². The molecule has 0 saturated heterocycles. The summed E-state index contributed by atoms with van der Waals surface area (Å²) in [4.78, 5) is 14.2. The summed E-state index contributed by atoms with van der Waals surface area (Å²) >= 11 is 0. The zero-order valence-electron chi connectivity index (χ0n) is 13.7. The number of ether oxygens (including phenoxy) is 2. The third-order valence-corrected chi connectivity index (χ3v) is 4.23. The second-order valence-corrected chi connectivity index (χ2v) is 5.61. The number of methoxy groups -OCH3 is 2. The molecule has 1 amide bonds. The first kappa shape index (κ1) is 16.2. The second kappa shape index (κ2) is 6.11. The van der Waals surface area contributed by atoms with E-state index in [4.69, 9.17) is 9.47 Å². The molecule has 1 aliphatic rings. The van der Waals surface area contributed by atoms with Crippen LogP contribution < -0.4 is 14.4 Å². The molecule has 1 aliphatic heterocycles. The Morgan fingerprint density at radius 1 is 1.08 bits per heavy atom. The van der Waals surface area contributed by atoms with E-state index in [1.807, 2.05) is 6.92 Å². The fraction of sp³-hybridized carbons (Fsp3) is 0.278. The SMILES string of the molecule is COc1cc(C(=O)N2CCc3cc(F)cc(F)c32)cc(OC)c1C. The van der Waals surface area contributed by atoms with Crippen molar-refractivity contribution in [3.05, 3.63) is 52.6 Å². The lowest BCUT2D eigenvalue weighted by Crippen LogP contribution is -2.29. The third-order valence-electron chi connectivity index (χ3n) is 4.23. The van der Waals surface area contributed by atoms with Gasteiger partial charge in [-0.25, -0.2) is 8.78 Å². The molecular weight excluding hydrogens is 316 g/mol. The Bertz CT molecular complexity index is 795. The highest BCUT2D eigenvalue weighted by atomic mass is 19.1. The van der Waals surface area contributed by atoms with Gasteiger partial charge in [-0.3, -0.25) is 4.79 Å². The maximum atomic E-state index is 14.1. The highest BCUT2D eigenvalue weighted by Gasteiger charge is 2.30. The van der Waals surface area contributed by atoms with E-state index < -0.39 is 11.6 Å². The minimum atomic E-state index is -0.734. The van der Waals surface area contributed by atoms with Crippen LogP contribution in [0.2, 0.25) is 0 Å². The van der Waals surface area contributed by atoms with Crippen LogP contribution in [-0.2, 0) is 6.42 Å². The van der Waals surface area contributed by atoms with E-state index in [1.165, 1.54) is 25.2 Å². The van der Waals surface area contributed by atoms with Gasteiger partial charge in [0.2, 0.25) is 0 Å². The average Bonchev–Trinajstić information content (AvgIpc) is 2.98. The van der Waals surface area contributed by atoms with Gasteiger partial charge in [-0.15, -0.1) is 0 Å². The normalized spacial score (nSPS) is 13.0. The molecule has 6 heteroatoms. The smallest absolute Gasteiger partial charge is 0.258 e. The first-order chi connectivity index (χ1) is 11.5. The number of benzene rings is 2. The van der Waals surface area contributed by atoms with E-state index in [1.54, 1.807) is 12.1 Å². The monoisotopic (exact) mass is 333 g/mol. The molecular formula is C18H17F2NO3. The van der Waals surface area contributed by atoms with Crippen LogP contribution in [0.3, 0.4) is 0 Å². The summed E-state index contributed by atoms with van der Waals surface area (Å²) in [5.41, 5.74) is 1.73. The van der Waals surface area contributed by atoms with Crippen LogP contribution in [0, 0.1) is 18.6 Å². The number of halogens is 2. The van der Waals surface area contributed by atoms with Gasteiger partial charge >= 0.3 is 0 Å². The summed E-state index contributed by atoms with van der Waals surface area (Å²) in [7, 11) is 3.01. The first-order valence-electron chi connectivity index (χ1n) is 7.48. The van der Waals surface area contributed by atoms with Crippen LogP contribution in [0.25, 0.3) is 0 Å². The van der Waals surface area contributed by atoms with E-state index in [-0.39, 0.29) is 11.6 Å². The first-order valence-corrected chi connectivity index (χ1v) is 7.48. The molecule has 0 unspecified atom stereocenters. The number of fused-ring (bicyclic) bond motifs is 1. The minimum absolute atomic E-state index is 0.139. The number of carbonyl (C=O) groups excluding carboxylic acids is 1. The Morgan fingerprint density at radius 2 is 1.71 bits per heavy atom. The Balaban J connectivity index is 2.04. The van der Waals surface area contributed by atoms with Gasteiger partial charge in [-0.05, 0) is 37.1 Å². The molecule has 0 N–H and O–H groups in total. The van der Waals surface area contributed by atoms with E-state index in [9.17, 15) is 13.6 Å². The second-order valence-electron chi connectivity index (χ2n) is 5.61. The van der Waals surface area contributed by atoms with Gasteiger partial charge in [0.25, 0.3) is 5.91 Å². The van der Waals surface area contributed by atoms with Gasteiger partial charge in [-0.2, -0.15) is 0 Å². The molecule has 0 spiro atoms. The summed E-state index contributed by atoms with van der Waals surface area (Å²) < 4.78 is 38.0. The molecule has 1 heterocycles. The van der Waals surface area contributed by atoms with Gasteiger partial charge in [0.05, 0.1) is 19.9 Å². The largest absolute Gasteiger partial charge is 0.496 e. The molecule has 126 valence electrons. The number of amides is 1. The third kappa shape index (κ3) is 2.58. The summed E-state index contributed by atoms with van der Waals surface area (Å²) in [6, 6.07) is 5.25. The summed E-state index contributed by atoms with van der Waals surface area (Å²) in [6.07, 6.45) is 0.413. The van der Waals surface area contributed by atoms with Crippen LogP contribution >= 0.6 is 0 Å². The summed E-state index contributed by atoms with van der Waals surface area (Å²) in [5, 5.41) is 0. The lowest BCUT2D eigenvalue weighted by molar-refractivity contribution is 0.0988. The fourth-order valence-corrected chi connectivity index (χ4v) is 3.02. The lowest BCUT2D eigenvalue weighted by atomic mass is 10.1. The molecule has 0 aliphatic carbocycles. The average molecular weight is 333 g/mol. The molecule has 0 saturated carbocycles. The molecule has 3 rings (SSSR count). The molecule has 0 bridgehead atoms. The predicted octanol–water partition coefficient (Wildman–Crippen LogP) is 3.49. The van der Waals surface area contributed by atoms with Crippen molar-refractivity contribution in [1.29, 1.82) is 0 Å². The number of rotatable bonds is 3. The lowest BCUT2D eigenvalue weighted by Gasteiger charge is -2.19. The molecule has 0 radical (unpaired) electrons. The molecule has 2 aromatic carbocycles. The predicted molar refractivity (Wildman–Crippen MR) is 86.0 cm³/mol. The summed E-state index contributed by atoms with van der Waals surface area (Å²) in [6.45, 7) is 2.12. The highest BCUT2D eigenvalue weighted by Crippen LogP contribution is 2.35. The number of hydrogen-bond donors (Lipinski definition) is 0. The fourth-order valence-electron chi connectivity index (χ4n) is 3.02. The van der Waals surface area contributed by atoms with Crippen molar-refractivity contribution in [3.63, 3.8) is 0 Å². The van der Waals surface area contributed by atoms with Gasteiger partial charge < -0.3 is 14.4 Å². The van der Waals surface area contributed by atoms with Crippen molar-refractivity contribution in [3.8, 4) is 11.5 Å². The quantitative estimate of drug-likeness (QED) is 0.863. The van der Waals surface area contributed by atoms with Crippen molar-refractivity contribution in [2.45, 2.75) is 13.3 Å². The van der Waals surface area contributed by atoms with E-state index >= 15 is 0 Å². The molecule has 24 heavy (non-hydrogen) atoms. The van der Waals surface area contributed by atoms with Gasteiger partial charge in [0.15, 0.2) is 0 Å². The van der Waals surface area contributed by atoms with Gasteiger partial charge in [-0.1, -0.05) is 0 Å². The topological polar surface area (TPSA) is 38.8 Å². The Hall–Kier alpha value is -2.63. The van der Waals surface area contributed by atoms with Crippen LogP contribution in [-0.4, -0.2) is 26.7 Å². The van der Waals surface area contributed by atoms with Crippen LogP contribution in [0.15, 0.2) is 24.3 Å². The molecule has 4 nitrogen and oxygen atoms in total. The van der Waals surface area contributed by atoms with Crippen molar-refractivity contribution < 1.29 is 23.0 Å². The van der Waals surface area contributed by atoms with E-state index in [2.05, 4.69) is 0 Å². The van der Waals surface area contributed by atoms with Crippen LogP contribution in [0.4, 0.5) is 14.5 Å². The number of carbonyl (C=O) groups is 1. The van der Waals surface area contributed by atoms with Crippen molar-refractivity contribution in [2.24, 2.45) is 0 Å². The van der Waals surface area contributed by atoms with Crippen LogP contribution in [0.1, 0.15) is 21.5 Å². The standard InChI is InChI=1S/C18H17F2NO3/c1-10-15(23-2)7-12(8-16(10)24-3)18(22)21-5-4-11-6-13(19)9-14(20)17(11)21/h6-9H,4-5H2,1-3H3. The maximum Gasteiger partial charge on any atom is 0.258 e. The van der Waals surface area contributed by atoms with Crippen molar-refractivity contribution >= 4 is 11.6 Å². The minimum Gasteiger partial charge on any atom is -0.496 e. The van der Waals surface area contributed by atoms with Crippen molar-refractivity contribution in [1.82, 2.24) is 0 Å². The number of anilines is 1. The number of nitrogens with zero attached hydrogens (tertiary/aromatic N) is 1. The highest BCUT2D eigenvalue weighted by molar-refractivity contribution is 6.08. The molecule has 0 fully saturated rings. The Morgan fingerprint density at radius 3 is 2.29 bits per heavy atom. The maximum absolute atomic E-state index is 14.1. The molecule has 0 aromatic heterocycles. The molecule has 2 aromatic rings. The zero-order chi connectivity index (χ0) is 17.4. The van der Waals surface area contributed by atoms with Gasteiger partial charge in [0.1, 0.15) is 23.1 Å². The Labute approximate surface area is 138 Å². The zero-order valence-corrected chi connectivity index (χ0v) is 13.7. The number of hydrogen-bond acceptors (Lipinski definition) is 3. The van der Waals surface area contributed by atoms with E-state index in [0.29, 0.717) is 35.6 Å².